The Kier molecular flexibility index (Phi) is 9.07. The Morgan fingerprint density at radius 2 is 1.72 bits per heavy atom. The van der Waals surface area contributed by atoms with Crippen LogP contribution in [0.1, 0.15) is 56.7 Å². The zero-order valence-electron chi connectivity index (χ0n) is 23.5. The van der Waals surface area contributed by atoms with Crippen LogP contribution in [0.15, 0.2) is 42.5 Å². The lowest BCUT2D eigenvalue weighted by Crippen LogP contribution is -2.48. The minimum absolute atomic E-state index is 0.00303. The molecule has 0 saturated carbocycles. The number of rotatable bonds is 4. The average Bonchev–Trinajstić information content (AvgIpc) is 3.34. The van der Waals surface area contributed by atoms with Gasteiger partial charge in [0.2, 0.25) is 5.91 Å². The second kappa shape index (κ2) is 12.1. The number of halogens is 2. The van der Waals surface area contributed by atoms with Crippen LogP contribution >= 0.6 is 11.6 Å². The Morgan fingerprint density at radius 1 is 1.00 bits per heavy atom. The monoisotopic (exact) mass is 559 g/mol. The summed E-state index contributed by atoms with van der Waals surface area (Å²) in [6.07, 6.45) is 0.960. The van der Waals surface area contributed by atoms with Crippen LogP contribution < -0.4 is 4.74 Å². The first-order chi connectivity index (χ1) is 18.5. The first kappa shape index (κ1) is 29.2. The van der Waals surface area contributed by atoms with Gasteiger partial charge in [-0.25, -0.2) is 9.18 Å². The largest absolute Gasteiger partial charge is 0.497 e. The molecule has 2 aromatic rings. The molecule has 2 fully saturated rings. The molecule has 212 valence electrons. The van der Waals surface area contributed by atoms with E-state index in [9.17, 15) is 9.59 Å². The third-order valence-corrected chi connectivity index (χ3v) is 8.31. The van der Waals surface area contributed by atoms with Crippen molar-refractivity contribution in [3.8, 4) is 5.75 Å². The maximum absolute atomic E-state index is 15.2. The molecule has 2 heterocycles. The summed E-state index contributed by atoms with van der Waals surface area (Å²) in [6, 6.07) is 12.2. The first-order valence-electron chi connectivity index (χ1n) is 13.5. The Morgan fingerprint density at radius 3 is 2.33 bits per heavy atom. The van der Waals surface area contributed by atoms with E-state index in [0.29, 0.717) is 61.9 Å². The van der Waals surface area contributed by atoms with Crippen molar-refractivity contribution >= 4 is 23.6 Å². The zero-order valence-corrected chi connectivity index (χ0v) is 24.2. The number of hydrogen-bond donors (Lipinski definition) is 0. The van der Waals surface area contributed by atoms with E-state index in [2.05, 4.69) is 25.7 Å². The summed E-state index contributed by atoms with van der Waals surface area (Å²) in [5.74, 6) is -0.594. The molecule has 0 N–H and O–H groups in total. The van der Waals surface area contributed by atoms with Gasteiger partial charge in [-0.1, -0.05) is 29.8 Å². The molecule has 0 unspecified atom stereocenters. The molecule has 0 aliphatic carbocycles. The summed E-state index contributed by atoms with van der Waals surface area (Å²) in [7, 11) is 2.88. The van der Waals surface area contributed by atoms with Gasteiger partial charge in [0.1, 0.15) is 11.6 Å². The second-order valence-corrected chi connectivity index (χ2v) is 11.8. The van der Waals surface area contributed by atoms with Crippen LogP contribution in [0.2, 0.25) is 5.02 Å². The molecule has 9 heteroatoms. The van der Waals surface area contributed by atoms with Crippen LogP contribution in [0.3, 0.4) is 0 Å². The van der Waals surface area contributed by atoms with Crippen molar-refractivity contribution in [3.63, 3.8) is 0 Å². The van der Waals surface area contributed by atoms with Gasteiger partial charge >= 0.3 is 6.09 Å². The number of likely N-dealkylation sites (tertiary alicyclic amines) is 1. The lowest BCUT2D eigenvalue weighted by atomic mass is 9.87. The quantitative estimate of drug-likeness (QED) is 0.478. The molecule has 2 aromatic carbocycles. The summed E-state index contributed by atoms with van der Waals surface area (Å²) >= 11 is 6.09. The molecule has 2 amide bonds. The minimum Gasteiger partial charge on any atom is -0.497 e. The van der Waals surface area contributed by atoms with Gasteiger partial charge in [-0.05, 0) is 62.9 Å². The highest BCUT2D eigenvalue weighted by Gasteiger charge is 2.44. The third-order valence-electron chi connectivity index (χ3n) is 8.06. The summed E-state index contributed by atoms with van der Waals surface area (Å²) in [6.45, 7) is 8.76. The van der Waals surface area contributed by atoms with Gasteiger partial charge in [-0.2, -0.15) is 0 Å². The molecule has 4 rings (SSSR count). The van der Waals surface area contributed by atoms with E-state index >= 15 is 4.39 Å². The van der Waals surface area contributed by atoms with E-state index in [1.165, 1.54) is 20.3 Å². The van der Waals surface area contributed by atoms with E-state index < -0.39 is 12.0 Å². The topological polar surface area (TPSA) is 62.3 Å². The molecule has 0 radical (unpaired) electrons. The number of nitrogens with zero attached hydrogens (tertiary/aromatic N) is 3. The third kappa shape index (κ3) is 6.49. The van der Waals surface area contributed by atoms with E-state index in [0.717, 1.165) is 5.56 Å². The van der Waals surface area contributed by atoms with Gasteiger partial charge in [-0.3, -0.25) is 14.6 Å². The van der Waals surface area contributed by atoms with Crippen molar-refractivity contribution in [3.05, 3.63) is 64.4 Å². The summed E-state index contributed by atoms with van der Waals surface area (Å²) in [5.41, 5.74) is 1.35. The molecule has 2 saturated heterocycles. The number of ether oxygens (including phenoxy) is 2. The second-order valence-electron chi connectivity index (χ2n) is 11.4. The van der Waals surface area contributed by atoms with Crippen molar-refractivity contribution in [2.24, 2.45) is 5.92 Å². The average molecular weight is 560 g/mol. The van der Waals surface area contributed by atoms with Crippen LogP contribution in [0.5, 0.6) is 5.75 Å². The van der Waals surface area contributed by atoms with Crippen LogP contribution in [0, 0.1) is 11.7 Å². The van der Waals surface area contributed by atoms with Crippen molar-refractivity contribution < 1.29 is 23.5 Å². The number of carbonyl (C=O) groups excluding carboxylic acids is 2. The number of amides is 2. The summed E-state index contributed by atoms with van der Waals surface area (Å²) in [5, 5.41) is 0.634. The van der Waals surface area contributed by atoms with Gasteiger partial charge in [0.25, 0.3) is 0 Å². The highest BCUT2D eigenvalue weighted by atomic mass is 35.5. The van der Waals surface area contributed by atoms with Gasteiger partial charge in [0.05, 0.1) is 26.2 Å². The smallest absolute Gasteiger partial charge is 0.410 e. The lowest BCUT2D eigenvalue weighted by Gasteiger charge is -2.37. The van der Waals surface area contributed by atoms with Crippen molar-refractivity contribution in [2.45, 2.75) is 51.1 Å². The number of methoxy groups -OCH3 is 2. The standard InChI is InChI=1S/C30H39ClFN3O4/c1-30(2,3)34-18-24(23-13-12-22(38-4)17-26(23)32)25(19-34)28(36)33-14-6-7-27(20-8-10-21(31)11-9-20)35(16-15-33)29(37)39-5/h8-13,17,24-25,27H,6-7,14-16,18-19H2,1-5H3/t24-,25+,27-/m0/s1. The Hall–Kier alpha value is -2.84. The van der Waals surface area contributed by atoms with Gasteiger partial charge in [-0.15, -0.1) is 0 Å². The predicted molar refractivity (Wildman–Crippen MR) is 150 cm³/mol. The Labute approximate surface area is 235 Å². The van der Waals surface area contributed by atoms with Crippen LogP contribution in [0.4, 0.5) is 9.18 Å². The van der Waals surface area contributed by atoms with Gasteiger partial charge < -0.3 is 14.4 Å². The molecule has 39 heavy (non-hydrogen) atoms. The molecule has 0 bridgehead atoms. The number of carbonyl (C=O) groups is 2. The van der Waals surface area contributed by atoms with E-state index in [-0.39, 0.29) is 29.2 Å². The Balaban J connectivity index is 1.58. The Bertz CT molecular complexity index is 1170. The fourth-order valence-electron chi connectivity index (χ4n) is 5.80. The highest BCUT2D eigenvalue weighted by molar-refractivity contribution is 6.30. The lowest BCUT2D eigenvalue weighted by molar-refractivity contribution is -0.136. The van der Waals surface area contributed by atoms with Crippen LogP contribution in [0.25, 0.3) is 0 Å². The minimum atomic E-state index is -0.429. The molecule has 2 aliphatic rings. The molecule has 2 aliphatic heterocycles. The van der Waals surface area contributed by atoms with Crippen LogP contribution in [-0.4, -0.2) is 79.2 Å². The first-order valence-corrected chi connectivity index (χ1v) is 13.9. The maximum atomic E-state index is 15.2. The van der Waals surface area contributed by atoms with Crippen molar-refractivity contribution in [2.75, 3.05) is 46.9 Å². The summed E-state index contributed by atoms with van der Waals surface area (Å²) in [4.78, 5) is 32.7. The normalized spacial score (nSPS) is 22.8. The maximum Gasteiger partial charge on any atom is 0.410 e. The van der Waals surface area contributed by atoms with E-state index in [4.69, 9.17) is 21.1 Å². The number of benzene rings is 2. The SMILES string of the molecule is COC(=O)N1CCN(C(=O)[C@@H]2CN(C(C)(C)C)C[C@H]2c2ccc(OC)cc2F)CCC[C@H]1c1ccc(Cl)cc1. The summed E-state index contributed by atoms with van der Waals surface area (Å²) < 4.78 is 25.5. The van der Waals surface area contributed by atoms with Gasteiger partial charge in [0.15, 0.2) is 0 Å². The zero-order chi connectivity index (χ0) is 28.3. The fraction of sp³-hybridized carbons (Fsp3) is 0.533. The molecule has 0 spiro atoms. The van der Waals surface area contributed by atoms with Gasteiger partial charge in [0, 0.05) is 55.3 Å². The van der Waals surface area contributed by atoms with Crippen molar-refractivity contribution in [1.82, 2.24) is 14.7 Å². The van der Waals surface area contributed by atoms with E-state index in [1.54, 1.807) is 17.0 Å². The van der Waals surface area contributed by atoms with E-state index in [1.807, 2.05) is 29.2 Å². The van der Waals surface area contributed by atoms with Crippen molar-refractivity contribution in [1.29, 1.82) is 0 Å². The molecule has 3 atom stereocenters. The number of hydrogen-bond acceptors (Lipinski definition) is 5. The molecular formula is C30H39ClFN3O4. The predicted octanol–water partition coefficient (Wildman–Crippen LogP) is 5.73. The highest BCUT2D eigenvalue weighted by Crippen LogP contribution is 2.39. The molecule has 7 nitrogen and oxygen atoms in total. The fourth-order valence-corrected chi connectivity index (χ4v) is 5.93. The molecule has 0 aromatic heterocycles. The molecular weight excluding hydrogens is 521 g/mol. The van der Waals surface area contributed by atoms with Crippen LogP contribution in [-0.2, 0) is 9.53 Å².